The van der Waals surface area contributed by atoms with Gasteiger partial charge < -0.3 is 14.2 Å². The van der Waals surface area contributed by atoms with E-state index in [1.165, 1.54) is 16.7 Å². The fourth-order valence-corrected chi connectivity index (χ4v) is 6.47. The number of hydrogen-bond acceptors (Lipinski definition) is 5. The van der Waals surface area contributed by atoms with E-state index in [0.29, 0.717) is 34.1 Å². The fraction of sp³-hybridized carbons (Fsp3) is 0.0256. The molecule has 0 unspecified atom stereocenters. The van der Waals surface area contributed by atoms with Crippen molar-refractivity contribution in [2.24, 2.45) is 0 Å². The highest BCUT2D eigenvalue weighted by atomic mass is 16.6. The quantitative estimate of drug-likeness (QED) is 0.164. The zero-order valence-electron chi connectivity index (χ0n) is 23.6. The van der Waals surface area contributed by atoms with E-state index in [-0.39, 0.29) is 11.8 Å². The molecule has 0 saturated carbocycles. The minimum Gasteiger partial charge on any atom is -0.450 e. The highest BCUT2D eigenvalue weighted by molar-refractivity contribution is 6.05. The van der Waals surface area contributed by atoms with Crippen molar-refractivity contribution in [3.63, 3.8) is 0 Å². The van der Waals surface area contributed by atoms with E-state index in [2.05, 4.69) is 84.9 Å². The maximum absolute atomic E-state index is 8.50. The summed E-state index contributed by atoms with van der Waals surface area (Å²) in [6.45, 7) is 0. The molecule has 0 radical (unpaired) electrons. The summed E-state index contributed by atoms with van der Waals surface area (Å²) in [6, 6.07) is 48.3. The van der Waals surface area contributed by atoms with Crippen LogP contribution in [0.5, 0.6) is 23.0 Å². The molecule has 0 bridgehead atoms. The number of benzene rings is 6. The van der Waals surface area contributed by atoms with Gasteiger partial charge in [-0.1, -0.05) is 103 Å². The average Bonchev–Trinajstić information content (AvgIpc) is 3.37. The molecule has 2 N–H and O–H groups in total. The van der Waals surface area contributed by atoms with Gasteiger partial charge in [-0.3, -0.25) is 10.8 Å². The molecule has 44 heavy (non-hydrogen) atoms. The largest absolute Gasteiger partial charge is 0.450 e. The molecule has 6 aromatic carbocycles. The minimum atomic E-state index is -0.535. The molecule has 0 amide bonds. The van der Waals surface area contributed by atoms with Crippen LogP contribution in [0.1, 0.15) is 33.4 Å². The van der Waals surface area contributed by atoms with E-state index in [1.54, 1.807) is 30.3 Å². The Morgan fingerprint density at radius 2 is 1.00 bits per heavy atom. The molecule has 5 heteroatoms. The summed E-state index contributed by atoms with van der Waals surface area (Å²) in [7, 11) is 0. The number of ether oxygens (including phenoxy) is 3. The summed E-state index contributed by atoms with van der Waals surface area (Å²) in [4.78, 5) is 0. The zero-order valence-corrected chi connectivity index (χ0v) is 23.6. The third-order valence-corrected chi connectivity index (χ3v) is 8.41. The van der Waals surface area contributed by atoms with E-state index in [1.807, 2.05) is 30.3 Å². The van der Waals surface area contributed by atoms with Crippen LogP contribution in [0.25, 0.3) is 11.1 Å². The number of nitrogens with one attached hydrogen (secondary N) is 2. The van der Waals surface area contributed by atoms with Gasteiger partial charge in [-0.05, 0) is 75.8 Å². The molecule has 2 aliphatic rings. The Kier molecular flexibility index (Phi) is 5.91. The van der Waals surface area contributed by atoms with Crippen molar-refractivity contribution in [2.45, 2.75) is 5.41 Å². The van der Waals surface area contributed by atoms with Gasteiger partial charge in [0.2, 0.25) is 11.8 Å². The normalized spacial score (nSPS) is 13.3. The van der Waals surface area contributed by atoms with E-state index in [0.717, 1.165) is 16.7 Å². The molecular formula is C39H26N2O3. The zero-order chi connectivity index (χ0) is 29.7. The summed E-state index contributed by atoms with van der Waals surface area (Å²) in [6.07, 6.45) is 0. The monoisotopic (exact) mass is 570 g/mol. The molecule has 8 rings (SSSR count). The first kappa shape index (κ1) is 25.7. The Hall–Kier alpha value is -5.94. The molecule has 5 nitrogen and oxygen atoms in total. The third-order valence-electron chi connectivity index (χ3n) is 8.41. The minimum absolute atomic E-state index is 0.0922. The lowest BCUT2D eigenvalue weighted by molar-refractivity contribution is 0.359. The van der Waals surface area contributed by atoms with Crippen LogP contribution in [0.3, 0.4) is 0 Å². The smallest absolute Gasteiger partial charge is 0.221 e. The van der Waals surface area contributed by atoms with Crippen molar-refractivity contribution in [3.05, 3.63) is 179 Å². The molecule has 1 aliphatic heterocycles. The second kappa shape index (κ2) is 10.1. The van der Waals surface area contributed by atoms with Crippen LogP contribution >= 0.6 is 0 Å². The van der Waals surface area contributed by atoms with Crippen molar-refractivity contribution in [1.29, 1.82) is 10.8 Å². The Morgan fingerprint density at radius 1 is 0.455 bits per heavy atom. The van der Waals surface area contributed by atoms with Crippen molar-refractivity contribution in [3.8, 4) is 34.1 Å². The predicted molar refractivity (Wildman–Crippen MR) is 172 cm³/mol. The Balaban J connectivity index is 1.21. The summed E-state index contributed by atoms with van der Waals surface area (Å²) >= 11 is 0. The summed E-state index contributed by atoms with van der Waals surface area (Å²) < 4.78 is 18.5. The average molecular weight is 571 g/mol. The SMILES string of the molecule is N=C(OC(=N)c1ccc2c(c1)Oc1cc3c(cc1O2)C(c1ccccc1)(c1ccccc1)c1ccccc1-3)c1ccccc1. The van der Waals surface area contributed by atoms with Gasteiger partial charge in [-0.25, -0.2) is 0 Å². The van der Waals surface area contributed by atoms with Crippen molar-refractivity contribution in [1.82, 2.24) is 0 Å². The van der Waals surface area contributed by atoms with Crippen LogP contribution in [0.15, 0.2) is 146 Å². The molecule has 1 heterocycles. The number of hydrogen-bond donors (Lipinski definition) is 2. The maximum atomic E-state index is 8.50. The maximum Gasteiger partial charge on any atom is 0.221 e. The Morgan fingerprint density at radius 3 is 1.70 bits per heavy atom. The van der Waals surface area contributed by atoms with Gasteiger partial charge in [0.25, 0.3) is 0 Å². The molecule has 0 atom stereocenters. The van der Waals surface area contributed by atoms with Crippen LogP contribution in [0.2, 0.25) is 0 Å². The fourth-order valence-electron chi connectivity index (χ4n) is 6.47. The molecule has 0 aromatic heterocycles. The molecule has 1 aliphatic carbocycles. The number of fused-ring (bicyclic) bond motifs is 5. The van der Waals surface area contributed by atoms with Crippen LogP contribution in [-0.4, -0.2) is 11.8 Å². The standard InChI is InChI=1S/C39H26N2O3/c40-37(25-12-4-1-5-13-25)44-38(41)26-20-21-33-34(22-26)43-35-23-30-29-18-10-11-19-31(29)39(27-14-6-2-7-15-27,28-16-8-3-9-17-28)32(30)24-36(35)42-33/h1-24,40-41H. The van der Waals surface area contributed by atoms with Gasteiger partial charge >= 0.3 is 0 Å². The lowest BCUT2D eigenvalue weighted by atomic mass is 9.67. The molecule has 0 spiro atoms. The summed E-state index contributed by atoms with van der Waals surface area (Å²) in [5.41, 5.74) is 7.48. The van der Waals surface area contributed by atoms with Gasteiger partial charge in [-0.15, -0.1) is 0 Å². The lowest BCUT2D eigenvalue weighted by Crippen LogP contribution is -2.28. The van der Waals surface area contributed by atoms with Crippen LogP contribution in [0.4, 0.5) is 0 Å². The van der Waals surface area contributed by atoms with E-state index in [4.69, 9.17) is 25.0 Å². The topological polar surface area (TPSA) is 75.4 Å². The first-order valence-corrected chi connectivity index (χ1v) is 14.4. The van der Waals surface area contributed by atoms with Gasteiger partial charge in [0.15, 0.2) is 23.0 Å². The second-order valence-corrected chi connectivity index (χ2v) is 10.9. The van der Waals surface area contributed by atoms with Gasteiger partial charge in [0.05, 0.1) is 5.41 Å². The summed E-state index contributed by atoms with van der Waals surface area (Å²) in [5, 5.41) is 16.8. The summed E-state index contributed by atoms with van der Waals surface area (Å²) in [5.74, 6) is 2.03. The predicted octanol–water partition coefficient (Wildman–Crippen LogP) is 9.32. The third kappa shape index (κ3) is 3.94. The second-order valence-electron chi connectivity index (χ2n) is 10.9. The van der Waals surface area contributed by atoms with E-state index >= 15 is 0 Å². The van der Waals surface area contributed by atoms with Crippen LogP contribution < -0.4 is 9.47 Å². The molecular weight excluding hydrogens is 544 g/mol. The highest BCUT2D eigenvalue weighted by Gasteiger charge is 2.47. The molecule has 0 saturated heterocycles. The first-order chi connectivity index (χ1) is 21.6. The highest BCUT2D eigenvalue weighted by Crippen LogP contribution is 2.59. The first-order valence-electron chi connectivity index (χ1n) is 14.4. The lowest BCUT2D eigenvalue weighted by Gasteiger charge is -2.34. The molecule has 6 aromatic rings. The van der Waals surface area contributed by atoms with E-state index in [9.17, 15) is 0 Å². The van der Waals surface area contributed by atoms with Gasteiger partial charge in [-0.2, -0.15) is 0 Å². The Labute approximate surface area is 255 Å². The van der Waals surface area contributed by atoms with Crippen molar-refractivity contribution >= 4 is 11.8 Å². The van der Waals surface area contributed by atoms with Crippen LogP contribution in [0, 0.1) is 10.8 Å². The van der Waals surface area contributed by atoms with Gasteiger partial charge in [0, 0.05) is 11.1 Å². The van der Waals surface area contributed by atoms with Gasteiger partial charge in [0.1, 0.15) is 0 Å². The molecule has 210 valence electrons. The molecule has 0 fully saturated rings. The Bertz CT molecular complexity index is 2030. The van der Waals surface area contributed by atoms with Crippen molar-refractivity contribution in [2.75, 3.05) is 0 Å². The van der Waals surface area contributed by atoms with Crippen LogP contribution in [-0.2, 0) is 10.2 Å². The van der Waals surface area contributed by atoms with Crippen molar-refractivity contribution < 1.29 is 14.2 Å². The van der Waals surface area contributed by atoms with E-state index < -0.39 is 5.41 Å². The number of rotatable bonds is 4.